The number of primary amides is 1. The van der Waals surface area contributed by atoms with Crippen LogP contribution < -0.4 is 11.3 Å². The molecule has 0 aliphatic carbocycles. The van der Waals surface area contributed by atoms with Gasteiger partial charge in [-0.1, -0.05) is 18.2 Å². The molecular formula is C14H14N4O2. The van der Waals surface area contributed by atoms with Crippen molar-refractivity contribution < 1.29 is 4.79 Å². The molecule has 2 aromatic heterocycles. The fourth-order valence-electron chi connectivity index (χ4n) is 2.48. The molecule has 2 heterocycles. The molecule has 0 atom stereocenters. The van der Waals surface area contributed by atoms with E-state index in [-0.39, 0.29) is 18.5 Å². The lowest BCUT2D eigenvalue weighted by molar-refractivity contribution is -0.118. The second kappa shape index (κ2) is 4.48. The zero-order valence-corrected chi connectivity index (χ0v) is 11.0. The maximum absolute atomic E-state index is 12.6. The van der Waals surface area contributed by atoms with Crippen LogP contribution in [0.25, 0.3) is 21.8 Å². The van der Waals surface area contributed by atoms with Crippen LogP contribution in [0.5, 0.6) is 0 Å². The second-order valence-electron chi connectivity index (χ2n) is 4.76. The Morgan fingerprint density at radius 2 is 2.15 bits per heavy atom. The van der Waals surface area contributed by atoms with E-state index in [0.29, 0.717) is 10.9 Å². The van der Waals surface area contributed by atoms with E-state index in [1.54, 1.807) is 4.57 Å². The van der Waals surface area contributed by atoms with Gasteiger partial charge in [-0.05, 0) is 13.0 Å². The molecule has 102 valence electrons. The van der Waals surface area contributed by atoms with Gasteiger partial charge in [-0.25, -0.2) is 0 Å². The van der Waals surface area contributed by atoms with Crippen molar-refractivity contribution in [1.29, 1.82) is 0 Å². The maximum Gasteiger partial charge on any atom is 0.262 e. The van der Waals surface area contributed by atoms with E-state index in [4.69, 9.17) is 5.73 Å². The van der Waals surface area contributed by atoms with Crippen molar-refractivity contribution in [2.45, 2.75) is 19.9 Å². The lowest BCUT2D eigenvalue weighted by Crippen LogP contribution is -2.24. The Bertz CT molecular complexity index is 876. The second-order valence-corrected chi connectivity index (χ2v) is 4.76. The molecular weight excluding hydrogens is 256 g/mol. The monoisotopic (exact) mass is 270 g/mol. The van der Waals surface area contributed by atoms with Crippen LogP contribution in [-0.4, -0.2) is 20.7 Å². The van der Waals surface area contributed by atoms with Gasteiger partial charge in [0.1, 0.15) is 5.52 Å². The normalized spacial score (nSPS) is 11.2. The fourth-order valence-corrected chi connectivity index (χ4v) is 2.48. The molecule has 0 saturated carbocycles. The van der Waals surface area contributed by atoms with Crippen molar-refractivity contribution >= 4 is 27.7 Å². The highest BCUT2D eigenvalue weighted by atomic mass is 16.1. The summed E-state index contributed by atoms with van der Waals surface area (Å²) in [7, 11) is 0. The molecule has 6 nitrogen and oxygen atoms in total. The van der Waals surface area contributed by atoms with Crippen LogP contribution in [-0.2, 0) is 11.3 Å². The largest absolute Gasteiger partial charge is 0.370 e. The average Bonchev–Trinajstić information content (AvgIpc) is 2.81. The van der Waals surface area contributed by atoms with Crippen LogP contribution in [0, 0.1) is 6.92 Å². The van der Waals surface area contributed by atoms with Gasteiger partial charge in [0.15, 0.2) is 0 Å². The number of H-pyrrole nitrogens is 1. The summed E-state index contributed by atoms with van der Waals surface area (Å²) in [6, 6.07) is 7.52. The number of nitrogens with one attached hydrogen (secondary N) is 1. The predicted octanol–water partition coefficient (Wildman–Crippen LogP) is 1.06. The minimum Gasteiger partial charge on any atom is -0.370 e. The number of benzene rings is 1. The Hall–Kier alpha value is -2.63. The molecule has 0 radical (unpaired) electrons. The molecule has 1 aromatic carbocycles. The lowest BCUT2D eigenvalue weighted by Gasteiger charge is -2.10. The van der Waals surface area contributed by atoms with Crippen molar-refractivity contribution in [3.05, 3.63) is 40.3 Å². The van der Waals surface area contributed by atoms with Crippen LogP contribution in [0.4, 0.5) is 0 Å². The highest BCUT2D eigenvalue weighted by Crippen LogP contribution is 2.22. The van der Waals surface area contributed by atoms with Gasteiger partial charge in [-0.3, -0.25) is 14.7 Å². The number of nitrogens with zero attached hydrogens (tertiary/aromatic N) is 2. The molecule has 0 unspecified atom stereocenters. The predicted molar refractivity (Wildman–Crippen MR) is 76.4 cm³/mol. The minimum absolute atomic E-state index is 0.131. The Kier molecular flexibility index (Phi) is 2.78. The van der Waals surface area contributed by atoms with E-state index in [0.717, 1.165) is 16.6 Å². The summed E-state index contributed by atoms with van der Waals surface area (Å²) in [4.78, 5) is 23.6. The van der Waals surface area contributed by atoms with Gasteiger partial charge in [0, 0.05) is 24.0 Å². The Morgan fingerprint density at radius 3 is 2.90 bits per heavy atom. The molecule has 6 heteroatoms. The first kappa shape index (κ1) is 12.4. The van der Waals surface area contributed by atoms with Crippen molar-refractivity contribution in [1.82, 2.24) is 14.8 Å². The first-order valence-electron chi connectivity index (χ1n) is 6.34. The number of pyridine rings is 1. The number of aryl methyl sites for hydroxylation is 2. The van der Waals surface area contributed by atoms with Gasteiger partial charge < -0.3 is 10.3 Å². The summed E-state index contributed by atoms with van der Waals surface area (Å²) in [6.45, 7) is 2.08. The number of carbonyl (C=O) groups excluding carboxylic acids is 1. The van der Waals surface area contributed by atoms with Crippen molar-refractivity contribution in [2.75, 3.05) is 0 Å². The molecule has 0 aliphatic rings. The SMILES string of the molecule is Cc1[nH]nc2c1c(=O)n(CCC(N)=O)c1ccccc21. The summed E-state index contributed by atoms with van der Waals surface area (Å²) >= 11 is 0. The lowest BCUT2D eigenvalue weighted by atomic mass is 10.1. The molecule has 0 bridgehead atoms. The van der Waals surface area contributed by atoms with E-state index in [1.807, 2.05) is 31.2 Å². The van der Waals surface area contributed by atoms with Crippen LogP contribution in [0.15, 0.2) is 29.1 Å². The molecule has 0 saturated heterocycles. The Balaban J connectivity index is 2.40. The number of fused-ring (bicyclic) bond motifs is 3. The molecule has 1 amide bonds. The Labute approximate surface area is 114 Å². The van der Waals surface area contributed by atoms with Gasteiger partial charge in [0.25, 0.3) is 5.56 Å². The number of aromatic amines is 1. The number of para-hydroxylation sites is 1. The first-order chi connectivity index (χ1) is 9.59. The molecule has 3 N–H and O–H groups in total. The number of amides is 1. The zero-order chi connectivity index (χ0) is 14.3. The number of aromatic nitrogens is 3. The number of hydrogen-bond acceptors (Lipinski definition) is 3. The third-order valence-electron chi connectivity index (χ3n) is 3.44. The first-order valence-corrected chi connectivity index (χ1v) is 6.34. The highest BCUT2D eigenvalue weighted by molar-refractivity contribution is 6.03. The summed E-state index contributed by atoms with van der Waals surface area (Å²) < 4.78 is 1.59. The highest BCUT2D eigenvalue weighted by Gasteiger charge is 2.14. The van der Waals surface area contributed by atoms with Crippen LogP contribution in [0.2, 0.25) is 0 Å². The minimum atomic E-state index is -0.426. The maximum atomic E-state index is 12.6. The summed E-state index contributed by atoms with van der Waals surface area (Å²) in [5.74, 6) is -0.426. The number of rotatable bonds is 3. The van der Waals surface area contributed by atoms with E-state index in [2.05, 4.69) is 10.2 Å². The molecule has 20 heavy (non-hydrogen) atoms. The van der Waals surface area contributed by atoms with Crippen LogP contribution in [0.3, 0.4) is 0 Å². The Morgan fingerprint density at radius 1 is 1.40 bits per heavy atom. The molecule has 0 spiro atoms. The van der Waals surface area contributed by atoms with Crippen LogP contribution in [0.1, 0.15) is 12.1 Å². The van der Waals surface area contributed by atoms with Gasteiger partial charge in [-0.15, -0.1) is 0 Å². The van der Waals surface area contributed by atoms with Crippen molar-refractivity contribution in [3.63, 3.8) is 0 Å². The van der Waals surface area contributed by atoms with Crippen LogP contribution >= 0.6 is 0 Å². The number of nitrogens with two attached hydrogens (primary N) is 1. The standard InChI is InChI=1S/C14H14N4O2/c1-8-12-13(17-16-8)9-4-2-3-5-10(9)18(14(12)20)7-6-11(15)19/h2-5H,6-7H2,1H3,(H2,15,19)(H,16,17). The molecule has 0 fully saturated rings. The number of carbonyl (C=O) groups is 1. The quantitative estimate of drug-likeness (QED) is 0.745. The summed E-state index contributed by atoms with van der Waals surface area (Å²) in [5, 5.41) is 8.51. The van der Waals surface area contributed by atoms with Gasteiger partial charge in [-0.2, -0.15) is 5.10 Å². The van der Waals surface area contributed by atoms with E-state index in [1.165, 1.54) is 0 Å². The fraction of sp³-hybridized carbons (Fsp3) is 0.214. The average molecular weight is 270 g/mol. The summed E-state index contributed by atoms with van der Waals surface area (Å²) in [6.07, 6.45) is 0.131. The third-order valence-corrected chi connectivity index (χ3v) is 3.44. The van der Waals surface area contributed by atoms with Crippen molar-refractivity contribution in [2.24, 2.45) is 5.73 Å². The van der Waals surface area contributed by atoms with E-state index >= 15 is 0 Å². The van der Waals surface area contributed by atoms with E-state index < -0.39 is 5.91 Å². The zero-order valence-electron chi connectivity index (χ0n) is 11.0. The topological polar surface area (TPSA) is 93.8 Å². The van der Waals surface area contributed by atoms with Crippen molar-refractivity contribution in [3.8, 4) is 0 Å². The smallest absolute Gasteiger partial charge is 0.262 e. The third kappa shape index (κ3) is 1.77. The summed E-state index contributed by atoms with van der Waals surface area (Å²) in [5.41, 5.74) is 7.19. The van der Waals surface area contributed by atoms with Gasteiger partial charge in [0.2, 0.25) is 5.91 Å². The molecule has 3 rings (SSSR count). The number of hydrogen-bond donors (Lipinski definition) is 2. The van der Waals surface area contributed by atoms with Gasteiger partial charge in [0.05, 0.1) is 10.9 Å². The van der Waals surface area contributed by atoms with E-state index in [9.17, 15) is 9.59 Å². The molecule has 0 aliphatic heterocycles. The molecule has 3 aromatic rings. The van der Waals surface area contributed by atoms with Gasteiger partial charge >= 0.3 is 0 Å².